The van der Waals surface area contributed by atoms with Gasteiger partial charge in [-0.05, 0) is 32.9 Å². The highest BCUT2D eigenvalue weighted by Gasteiger charge is 2.12. The molecule has 0 amide bonds. The van der Waals surface area contributed by atoms with Crippen LogP contribution in [0.3, 0.4) is 0 Å². The van der Waals surface area contributed by atoms with Gasteiger partial charge in [0.25, 0.3) is 0 Å². The van der Waals surface area contributed by atoms with Gasteiger partial charge in [-0.2, -0.15) is 0 Å². The van der Waals surface area contributed by atoms with Crippen molar-refractivity contribution in [2.45, 2.75) is 25.8 Å². The molecule has 0 radical (unpaired) electrons. The van der Waals surface area contributed by atoms with Gasteiger partial charge in [0, 0.05) is 13.1 Å². The number of rotatable bonds is 5. The maximum atomic E-state index is 10.5. The molecular formula is C9H18N2O2. The Hall–Kier alpha value is -0.610. The lowest BCUT2D eigenvalue weighted by Gasteiger charge is -2.16. The molecule has 13 heavy (non-hydrogen) atoms. The van der Waals surface area contributed by atoms with Crippen LogP contribution in [0.2, 0.25) is 0 Å². The first-order valence-corrected chi connectivity index (χ1v) is 4.88. The minimum atomic E-state index is -0.776. The Bertz CT molecular complexity index is 167. The van der Waals surface area contributed by atoms with E-state index in [9.17, 15) is 4.79 Å². The summed E-state index contributed by atoms with van der Waals surface area (Å²) in [6.45, 7) is 5.75. The SMILES string of the molecule is C[C@H](NCCN1CCCC1)C(=O)O. The minimum Gasteiger partial charge on any atom is -0.480 e. The predicted octanol–water partition coefficient (Wildman–Crippen LogP) is 0.145. The van der Waals surface area contributed by atoms with E-state index in [0.29, 0.717) is 0 Å². The van der Waals surface area contributed by atoms with Gasteiger partial charge in [0.2, 0.25) is 0 Å². The quantitative estimate of drug-likeness (QED) is 0.641. The van der Waals surface area contributed by atoms with Crippen LogP contribution in [0, 0.1) is 0 Å². The van der Waals surface area contributed by atoms with E-state index in [0.717, 1.165) is 13.1 Å². The Morgan fingerprint density at radius 2 is 2.15 bits per heavy atom. The summed E-state index contributed by atoms with van der Waals surface area (Å²) in [5.74, 6) is -0.776. The number of carbonyl (C=O) groups is 1. The highest BCUT2D eigenvalue weighted by molar-refractivity contribution is 5.72. The van der Waals surface area contributed by atoms with Gasteiger partial charge >= 0.3 is 5.97 Å². The molecule has 1 aliphatic heterocycles. The van der Waals surface area contributed by atoms with Crippen molar-refractivity contribution in [3.8, 4) is 0 Å². The number of hydrogen-bond acceptors (Lipinski definition) is 3. The third-order valence-corrected chi connectivity index (χ3v) is 2.45. The van der Waals surface area contributed by atoms with Crippen LogP contribution in [0.25, 0.3) is 0 Å². The van der Waals surface area contributed by atoms with Crippen molar-refractivity contribution in [1.82, 2.24) is 10.2 Å². The van der Waals surface area contributed by atoms with Crippen LogP contribution in [0.5, 0.6) is 0 Å². The highest BCUT2D eigenvalue weighted by Crippen LogP contribution is 2.05. The fourth-order valence-electron chi connectivity index (χ4n) is 1.53. The fraction of sp³-hybridized carbons (Fsp3) is 0.889. The lowest BCUT2D eigenvalue weighted by atomic mass is 10.3. The third kappa shape index (κ3) is 3.74. The molecule has 0 aliphatic carbocycles. The zero-order valence-corrected chi connectivity index (χ0v) is 8.12. The van der Waals surface area contributed by atoms with Gasteiger partial charge in [-0.25, -0.2) is 0 Å². The number of nitrogens with zero attached hydrogens (tertiary/aromatic N) is 1. The Kier molecular flexibility index (Phi) is 4.18. The normalized spacial score (nSPS) is 20.4. The van der Waals surface area contributed by atoms with Crippen molar-refractivity contribution in [1.29, 1.82) is 0 Å². The van der Waals surface area contributed by atoms with Gasteiger partial charge in [-0.3, -0.25) is 4.79 Å². The van der Waals surface area contributed by atoms with E-state index in [-0.39, 0.29) is 0 Å². The van der Waals surface area contributed by atoms with Crippen LogP contribution in [0.4, 0.5) is 0 Å². The number of carboxylic acid groups (broad SMARTS) is 1. The molecule has 4 nitrogen and oxygen atoms in total. The Morgan fingerprint density at radius 1 is 1.54 bits per heavy atom. The molecule has 0 saturated carbocycles. The van der Waals surface area contributed by atoms with Crippen LogP contribution in [0.1, 0.15) is 19.8 Å². The lowest BCUT2D eigenvalue weighted by Crippen LogP contribution is -2.38. The van der Waals surface area contributed by atoms with Gasteiger partial charge < -0.3 is 15.3 Å². The number of nitrogens with one attached hydrogen (secondary N) is 1. The summed E-state index contributed by atoms with van der Waals surface area (Å²) >= 11 is 0. The second-order valence-corrected chi connectivity index (χ2v) is 3.56. The average molecular weight is 186 g/mol. The summed E-state index contributed by atoms with van der Waals surface area (Å²) in [5.41, 5.74) is 0. The minimum absolute atomic E-state index is 0.428. The van der Waals surface area contributed by atoms with E-state index in [1.54, 1.807) is 6.92 Å². The topological polar surface area (TPSA) is 52.6 Å². The summed E-state index contributed by atoms with van der Waals surface area (Å²) in [4.78, 5) is 12.8. The van der Waals surface area contributed by atoms with E-state index >= 15 is 0 Å². The van der Waals surface area contributed by atoms with Crippen LogP contribution < -0.4 is 5.32 Å². The molecule has 1 aliphatic rings. The Morgan fingerprint density at radius 3 is 2.69 bits per heavy atom. The zero-order chi connectivity index (χ0) is 9.68. The summed E-state index contributed by atoms with van der Waals surface area (Å²) in [5, 5.41) is 11.6. The van der Waals surface area contributed by atoms with E-state index < -0.39 is 12.0 Å². The highest BCUT2D eigenvalue weighted by atomic mass is 16.4. The number of hydrogen-bond donors (Lipinski definition) is 2. The van der Waals surface area contributed by atoms with Crippen molar-refractivity contribution in [2.24, 2.45) is 0 Å². The molecule has 1 rings (SSSR count). The largest absolute Gasteiger partial charge is 0.480 e. The first kappa shape index (κ1) is 10.5. The zero-order valence-electron chi connectivity index (χ0n) is 8.12. The van der Waals surface area contributed by atoms with Gasteiger partial charge in [0.1, 0.15) is 6.04 Å². The summed E-state index contributed by atoms with van der Waals surface area (Å²) in [6.07, 6.45) is 2.57. The van der Waals surface area contributed by atoms with E-state index in [2.05, 4.69) is 10.2 Å². The fourth-order valence-corrected chi connectivity index (χ4v) is 1.53. The van der Waals surface area contributed by atoms with Crippen molar-refractivity contribution in [3.63, 3.8) is 0 Å². The van der Waals surface area contributed by atoms with Crippen molar-refractivity contribution < 1.29 is 9.90 Å². The molecule has 0 spiro atoms. The van der Waals surface area contributed by atoms with Crippen LogP contribution >= 0.6 is 0 Å². The molecule has 0 aromatic rings. The monoisotopic (exact) mass is 186 g/mol. The van der Waals surface area contributed by atoms with Gasteiger partial charge in [-0.1, -0.05) is 0 Å². The number of carboxylic acids is 1. The number of likely N-dealkylation sites (tertiary alicyclic amines) is 1. The standard InChI is InChI=1S/C9H18N2O2/c1-8(9(12)13)10-4-7-11-5-2-3-6-11/h8,10H,2-7H2,1H3,(H,12,13)/t8-/m0/s1. The summed E-state index contributed by atoms with van der Waals surface area (Å²) in [7, 11) is 0. The van der Waals surface area contributed by atoms with Crippen molar-refractivity contribution in [2.75, 3.05) is 26.2 Å². The van der Waals surface area contributed by atoms with Gasteiger partial charge in [0.15, 0.2) is 0 Å². The molecule has 0 aromatic carbocycles. The van der Waals surface area contributed by atoms with E-state index in [4.69, 9.17) is 5.11 Å². The molecule has 1 fully saturated rings. The lowest BCUT2D eigenvalue weighted by molar-refractivity contribution is -0.139. The Balaban J connectivity index is 2.02. The molecule has 76 valence electrons. The van der Waals surface area contributed by atoms with Crippen LogP contribution in [0.15, 0.2) is 0 Å². The van der Waals surface area contributed by atoms with Crippen LogP contribution in [-0.2, 0) is 4.79 Å². The molecule has 1 heterocycles. The maximum Gasteiger partial charge on any atom is 0.320 e. The van der Waals surface area contributed by atoms with Gasteiger partial charge in [-0.15, -0.1) is 0 Å². The second-order valence-electron chi connectivity index (χ2n) is 3.56. The molecule has 1 atom stereocenters. The molecule has 0 bridgehead atoms. The molecule has 4 heteroatoms. The van der Waals surface area contributed by atoms with E-state index in [1.807, 2.05) is 0 Å². The van der Waals surface area contributed by atoms with Crippen molar-refractivity contribution >= 4 is 5.97 Å². The van der Waals surface area contributed by atoms with Crippen molar-refractivity contribution in [3.05, 3.63) is 0 Å². The predicted molar refractivity (Wildman–Crippen MR) is 50.8 cm³/mol. The summed E-state index contributed by atoms with van der Waals surface area (Å²) < 4.78 is 0. The first-order valence-electron chi connectivity index (χ1n) is 4.88. The molecule has 0 unspecified atom stereocenters. The average Bonchev–Trinajstić information content (AvgIpc) is 2.56. The Labute approximate surface area is 78.9 Å². The second kappa shape index (κ2) is 5.19. The van der Waals surface area contributed by atoms with Gasteiger partial charge in [0.05, 0.1) is 0 Å². The molecular weight excluding hydrogens is 168 g/mol. The molecule has 0 aromatic heterocycles. The maximum absolute atomic E-state index is 10.5. The first-order chi connectivity index (χ1) is 6.20. The number of aliphatic carboxylic acids is 1. The van der Waals surface area contributed by atoms with E-state index in [1.165, 1.54) is 25.9 Å². The summed E-state index contributed by atoms with van der Waals surface area (Å²) in [6, 6.07) is -0.428. The smallest absolute Gasteiger partial charge is 0.320 e. The van der Waals surface area contributed by atoms with Crippen LogP contribution in [-0.4, -0.2) is 48.2 Å². The molecule has 2 N–H and O–H groups in total. The third-order valence-electron chi connectivity index (χ3n) is 2.45. The molecule has 1 saturated heterocycles.